The van der Waals surface area contributed by atoms with Crippen molar-refractivity contribution < 1.29 is 4.79 Å². The fourth-order valence-electron chi connectivity index (χ4n) is 0.935. The van der Waals surface area contributed by atoms with E-state index in [1.54, 1.807) is 12.3 Å². The lowest BCUT2D eigenvalue weighted by atomic mass is 10.2. The number of allylic oxidation sites excluding steroid dienone is 1. The third-order valence-electron chi connectivity index (χ3n) is 1.51. The highest BCUT2D eigenvalue weighted by Crippen LogP contribution is 2.10. The lowest BCUT2D eigenvalue weighted by Crippen LogP contribution is -2.23. The van der Waals surface area contributed by atoms with E-state index in [-0.39, 0.29) is 5.91 Å². The van der Waals surface area contributed by atoms with Gasteiger partial charge in [-0.15, -0.1) is 0 Å². The van der Waals surface area contributed by atoms with Gasteiger partial charge in [0.05, 0.1) is 0 Å². The molecule has 0 aromatic rings. The molecular formula is C8H9BN2O. The minimum Gasteiger partial charge on any atom is -0.387 e. The molecule has 1 amide bonds. The number of carbonyl (C=O) groups excluding carboxylic acids is 1. The number of rotatable bonds is 1. The average molecular weight is 160 g/mol. The molecule has 2 radical (unpaired) electrons. The van der Waals surface area contributed by atoms with Crippen LogP contribution >= 0.6 is 0 Å². The Bertz CT molecular complexity index is 281. The topological polar surface area (TPSA) is 32.7 Å². The highest BCUT2D eigenvalue weighted by Gasteiger charge is 2.26. The smallest absolute Gasteiger partial charge is 0.260 e. The number of aliphatic imine (C=N–C) groups is 1. The Morgan fingerprint density at radius 1 is 1.75 bits per heavy atom. The molecule has 1 rings (SSSR count). The summed E-state index contributed by atoms with van der Waals surface area (Å²) in [5.41, 5.74) is 1.02. The maximum absolute atomic E-state index is 11.2. The quantitative estimate of drug-likeness (QED) is 0.512. The molecule has 0 unspecified atom stereocenters. The van der Waals surface area contributed by atoms with Crippen LogP contribution in [0, 0.1) is 0 Å². The molecule has 4 heteroatoms. The number of hydrogen-bond acceptors (Lipinski definition) is 2. The third-order valence-corrected chi connectivity index (χ3v) is 1.51. The third kappa shape index (κ3) is 1.47. The molecule has 1 aliphatic heterocycles. The summed E-state index contributed by atoms with van der Waals surface area (Å²) in [5.74, 6) is -0.266. The maximum atomic E-state index is 11.2. The Morgan fingerprint density at radius 2 is 2.42 bits per heavy atom. The van der Waals surface area contributed by atoms with Crippen molar-refractivity contribution in [3.8, 4) is 0 Å². The van der Waals surface area contributed by atoms with Gasteiger partial charge in [0.15, 0.2) is 0 Å². The van der Waals surface area contributed by atoms with E-state index in [0.29, 0.717) is 17.8 Å². The average Bonchev–Trinajstić information content (AvgIpc) is 2.25. The molecule has 3 nitrogen and oxygen atoms in total. The van der Waals surface area contributed by atoms with Gasteiger partial charge < -0.3 is 4.81 Å². The molecule has 1 aliphatic rings. The molecule has 1 fully saturated rings. The molecule has 0 bridgehead atoms. The van der Waals surface area contributed by atoms with Crippen molar-refractivity contribution >= 4 is 19.6 Å². The van der Waals surface area contributed by atoms with Gasteiger partial charge in [0.2, 0.25) is 7.98 Å². The zero-order chi connectivity index (χ0) is 9.14. The predicted octanol–water partition coefficient (Wildman–Crippen LogP) is 0.443. The van der Waals surface area contributed by atoms with Gasteiger partial charge in [0.1, 0.15) is 5.71 Å². The van der Waals surface area contributed by atoms with Crippen LogP contribution in [0.25, 0.3) is 0 Å². The summed E-state index contributed by atoms with van der Waals surface area (Å²) in [5, 5.41) is 0. The van der Waals surface area contributed by atoms with E-state index >= 15 is 0 Å². The Hall–Kier alpha value is -1.32. The van der Waals surface area contributed by atoms with Crippen molar-refractivity contribution in [3.05, 3.63) is 24.4 Å². The molecule has 12 heavy (non-hydrogen) atoms. The molecule has 0 spiro atoms. The summed E-state index contributed by atoms with van der Waals surface area (Å²) in [7, 11) is 5.35. The first-order valence-corrected chi connectivity index (χ1v) is 3.60. The second-order valence-electron chi connectivity index (χ2n) is 2.50. The molecule has 0 aromatic carbocycles. The Morgan fingerprint density at radius 3 is 2.83 bits per heavy atom. The summed E-state index contributed by atoms with van der Waals surface area (Å²) >= 11 is 0. The van der Waals surface area contributed by atoms with Gasteiger partial charge in [-0.1, -0.05) is 12.7 Å². The molecular weight excluding hydrogens is 151 g/mol. The van der Waals surface area contributed by atoms with Gasteiger partial charge in [-0.05, 0) is 12.5 Å². The monoisotopic (exact) mass is 160 g/mol. The first-order chi connectivity index (χ1) is 5.66. The van der Waals surface area contributed by atoms with Crippen LogP contribution in [-0.2, 0) is 4.79 Å². The van der Waals surface area contributed by atoms with E-state index in [2.05, 4.69) is 11.6 Å². The van der Waals surface area contributed by atoms with Gasteiger partial charge >= 0.3 is 0 Å². The summed E-state index contributed by atoms with van der Waals surface area (Å²) in [6, 6.07) is 0. The predicted molar refractivity (Wildman–Crippen MR) is 48.9 cm³/mol. The molecule has 1 saturated heterocycles. The van der Waals surface area contributed by atoms with Gasteiger partial charge in [-0.25, -0.2) is 0 Å². The Kier molecular flexibility index (Phi) is 2.48. The van der Waals surface area contributed by atoms with E-state index in [0.717, 1.165) is 4.81 Å². The van der Waals surface area contributed by atoms with E-state index in [4.69, 9.17) is 7.98 Å². The number of amides is 1. The van der Waals surface area contributed by atoms with Crippen LogP contribution < -0.4 is 0 Å². The normalized spacial score (nSPS) is 21.8. The van der Waals surface area contributed by atoms with E-state index in [9.17, 15) is 4.79 Å². The highest BCUT2D eigenvalue weighted by molar-refractivity contribution is 6.51. The fourth-order valence-corrected chi connectivity index (χ4v) is 0.935. The highest BCUT2D eigenvalue weighted by atomic mass is 16.2. The molecule has 0 saturated carbocycles. The molecule has 0 aliphatic carbocycles. The largest absolute Gasteiger partial charge is 0.387 e. The molecule has 1 heterocycles. The van der Waals surface area contributed by atoms with Gasteiger partial charge in [-0.3, -0.25) is 9.79 Å². The molecule has 0 aromatic heterocycles. The fraction of sp³-hybridized carbons (Fsp3) is 0.250. The van der Waals surface area contributed by atoms with Gasteiger partial charge in [0, 0.05) is 12.7 Å². The molecule has 0 N–H and O–H groups in total. The van der Waals surface area contributed by atoms with Crippen molar-refractivity contribution in [2.45, 2.75) is 6.92 Å². The van der Waals surface area contributed by atoms with Crippen LogP contribution in [0.3, 0.4) is 0 Å². The first-order valence-electron chi connectivity index (χ1n) is 3.60. The second-order valence-corrected chi connectivity index (χ2v) is 2.50. The van der Waals surface area contributed by atoms with Crippen LogP contribution in [0.2, 0.25) is 0 Å². The molecule has 0 atom stereocenters. The second kappa shape index (κ2) is 3.39. The molecule has 60 valence electrons. The number of hydrogen-bond donors (Lipinski definition) is 0. The van der Waals surface area contributed by atoms with Crippen LogP contribution in [0.5, 0.6) is 0 Å². The van der Waals surface area contributed by atoms with Crippen molar-refractivity contribution in [2.24, 2.45) is 4.99 Å². The lowest BCUT2D eigenvalue weighted by molar-refractivity contribution is -0.118. The van der Waals surface area contributed by atoms with Crippen molar-refractivity contribution in [3.63, 3.8) is 0 Å². The van der Waals surface area contributed by atoms with Crippen molar-refractivity contribution in [1.82, 2.24) is 4.81 Å². The SMILES string of the molecule is [B]N1CC(=C)C(=N/C=C\C)C1=O. The van der Waals surface area contributed by atoms with E-state index in [1.165, 1.54) is 0 Å². The zero-order valence-corrected chi connectivity index (χ0v) is 6.95. The number of carbonyl (C=O) groups is 1. The summed E-state index contributed by atoms with van der Waals surface area (Å²) < 4.78 is 0. The van der Waals surface area contributed by atoms with Crippen molar-refractivity contribution in [1.29, 1.82) is 0 Å². The van der Waals surface area contributed by atoms with Crippen LogP contribution in [0.15, 0.2) is 29.4 Å². The zero-order valence-electron chi connectivity index (χ0n) is 6.95. The first kappa shape index (κ1) is 8.78. The van der Waals surface area contributed by atoms with Crippen molar-refractivity contribution in [2.75, 3.05) is 6.54 Å². The Labute approximate surface area is 72.9 Å². The van der Waals surface area contributed by atoms with Gasteiger partial charge in [-0.2, -0.15) is 0 Å². The summed E-state index contributed by atoms with van der Waals surface area (Å²) in [6.07, 6.45) is 3.30. The van der Waals surface area contributed by atoms with Crippen LogP contribution in [0.1, 0.15) is 6.92 Å². The maximum Gasteiger partial charge on any atom is 0.260 e. The summed E-state index contributed by atoms with van der Waals surface area (Å²) in [6.45, 7) is 5.88. The van der Waals surface area contributed by atoms with E-state index in [1.807, 2.05) is 6.92 Å². The standard InChI is InChI=1S/C8H9BN2O/c1-3-4-10-7-6(2)5-11(9)8(7)12/h3-4H,2,5H2,1H3/b4-3-,10-7?. The summed E-state index contributed by atoms with van der Waals surface area (Å²) in [4.78, 5) is 16.2. The minimum absolute atomic E-state index is 0.266. The lowest BCUT2D eigenvalue weighted by Gasteiger charge is -2.03. The van der Waals surface area contributed by atoms with Crippen LogP contribution in [0.4, 0.5) is 0 Å². The van der Waals surface area contributed by atoms with E-state index < -0.39 is 0 Å². The van der Waals surface area contributed by atoms with Crippen LogP contribution in [-0.4, -0.2) is 31.0 Å². The van der Waals surface area contributed by atoms with Gasteiger partial charge in [0.25, 0.3) is 5.91 Å². The Balaban J connectivity index is 2.91. The minimum atomic E-state index is -0.266. The number of nitrogens with zero attached hydrogens (tertiary/aromatic N) is 2.